The number of carbonyl (C=O) groups is 1. The van der Waals surface area contributed by atoms with Crippen molar-refractivity contribution in [1.29, 1.82) is 0 Å². The predicted octanol–water partition coefficient (Wildman–Crippen LogP) is 4.14. The van der Waals surface area contributed by atoms with Crippen molar-refractivity contribution in [2.24, 2.45) is 11.0 Å². The number of hydrazone groups is 1. The van der Waals surface area contributed by atoms with Crippen molar-refractivity contribution in [2.45, 2.75) is 25.3 Å². The van der Waals surface area contributed by atoms with Gasteiger partial charge in [0.15, 0.2) is 0 Å². The number of allylic oxidation sites excluding steroid dienone is 1. The molecule has 1 saturated carbocycles. The van der Waals surface area contributed by atoms with E-state index in [0.29, 0.717) is 19.8 Å². The van der Waals surface area contributed by atoms with Crippen LogP contribution in [0.15, 0.2) is 71.3 Å². The third-order valence-electron chi connectivity index (χ3n) is 6.50. The number of morpholine rings is 1. The molecule has 3 aliphatic rings. The van der Waals surface area contributed by atoms with Crippen LogP contribution in [0.25, 0.3) is 6.08 Å². The number of rotatable bonds is 4. The Balaban J connectivity index is 1.47. The van der Waals surface area contributed by atoms with Crippen LogP contribution in [0.5, 0.6) is 0 Å². The number of fused-ring (bicyclic) bond motifs is 1. The number of benzene rings is 2. The number of hydrogen-bond donors (Lipinski definition) is 0. The summed E-state index contributed by atoms with van der Waals surface area (Å²) in [6.07, 6.45) is 5.45. The fraction of sp³-hybridized carbons (Fsp3) is 0.385. The van der Waals surface area contributed by atoms with E-state index < -0.39 is 0 Å². The second kappa shape index (κ2) is 9.16. The summed E-state index contributed by atoms with van der Waals surface area (Å²) in [7, 11) is 0. The lowest BCUT2D eigenvalue weighted by atomic mass is 9.77. The van der Waals surface area contributed by atoms with Crippen LogP contribution in [0.3, 0.4) is 0 Å². The summed E-state index contributed by atoms with van der Waals surface area (Å²) in [6, 6.07) is 20.8. The minimum atomic E-state index is -0.0239. The van der Waals surface area contributed by atoms with Gasteiger partial charge in [-0.25, -0.2) is 5.01 Å². The van der Waals surface area contributed by atoms with Gasteiger partial charge in [0, 0.05) is 19.0 Å². The van der Waals surface area contributed by atoms with E-state index in [4.69, 9.17) is 9.84 Å². The lowest BCUT2D eigenvalue weighted by Crippen LogP contribution is -2.44. The van der Waals surface area contributed by atoms with Crippen molar-refractivity contribution in [3.8, 4) is 0 Å². The summed E-state index contributed by atoms with van der Waals surface area (Å²) in [5.74, 6) is 0.330. The van der Waals surface area contributed by atoms with E-state index in [9.17, 15) is 4.79 Å². The molecule has 160 valence electrons. The van der Waals surface area contributed by atoms with Gasteiger partial charge in [0.2, 0.25) is 0 Å². The maximum atomic E-state index is 13.4. The maximum Gasteiger partial charge on any atom is 0.257 e. The SMILES string of the molecule is O=C(CN1CCOCC1)N1N=C2/C(=C/c3ccccc3)CCC[C@H]2[C@H]1c1ccccc1. The van der Waals surface area contributed by atoms with Crippen molar-refractivity contribution in [2.75, 3.05) is 32.8 Å². The minimum Gasteiger partial charge on any atom is -0.379 e. The Morgan fingerprint density at radius 3 is 2.48 bits per heavy atom. The number of carbonyl (C=O) groups excluding carboxylic acids is 1. The van der Waals surface area contributed by atoms with Crippen LogP contribution in [0.2, 0.25) is 0 Å². The van der Waals surface area contributed by atoms with Crippen LogP contribution in [0, 0.1) is 5.92 Å². The second-order valence-electron chi connectivity index (χ2n) is 8.55. The largest absolute Gasteiger partial charge is 0.379 e. The first-order valence-corrected chi connectivity index (χ1v) is 11.3. The van der Waals surface area contributed by atoms with Gasteiger partial charge in [-0.05, 0) is 42.0 Å². The summed E-state index contributed by atoms with van der Waals surface area (Å²) in [5, 5.41) is 6.77. The molecule has 2 aromatic carbocycles. The Labute approximate surface area is 184 Å². The average molecular weight is 416 g/mol. The van der Waals surface area contributed by atoms with Crippen LogP contribution in [-0.2, 0) is 9.53 Å². The first-order chi connectivity index (χ1) is 15.3. The van der Waals surface area contributed by atoms with Crippen molar-refractivity contribution in [3.05, 3.63) is 77.4 Å². The van der Waals surface area contributed by atoms with Crippen molar-refractivity contribution < 1.29 is 9.53 Å². The summed E-state index contributed by atoms with van der Waals surface area (Å²) in [4.78, 5) is 15.6. The zero-order chi connectivity index (χ0) is 21.0. The molecular weight excluding hydrogens is 386 g/mol. The van der Waals surface area contributed by atoms with Crippen molar-refractivity contribution >= 4 is 17.7 Å². The Hall–Kier alpha value is -2.76. The van der Waals surface area contributed by atoms with Crippen molar-refractivity contribution in [3.63, 3.8) is 0 Å². The third kappa shape index (κ3) is 4.34. The quantitative estimate of drug-likeness (QED) is 0.754. The zero-order valence-electron chi connectivity index (χ0n) is 17.8. The van der Waals surface area contributed by atoms with E-state index in [-0.39, 0.29) is 17.9 Å². The van der Waals surface area contributed by atoms with E-state index in [1.807, 2.05) is 12.1 Å². The Morgan fingerprint density at radius 2 is 1.74 bits per heavy atom. The molecule has 31 heavy (non-hydrogen) atoms. The molecule has 2 fully saturated rings. The Kier molecular flexibility index (Phi) is 5.96. The third-order valence-corrected chi connectivity index (χ3v) is 6.50. The summed E-state index contributed by atoms with van der Waals surface area (Å²) < 4.78 is 5.44. The molecule has 0 spiro atoms. The molecule has 0 bridgehead atoms. The summed E-state index contributed by atoms with van der Waals surface area (Å²) >= 11 is 0. The van der Waals surface area contributed by atoms with Crippen LogP contribution < -0.4 is 0 Å². The van der Waals surface area contributed by atoms with Gasteiger partial charge in [-0.3, -0.25) is 9.69 Å². The molecule has 5 nitrogen and oxygen atoms in total. The maximum absolute atomic E-state index is 13.4. The number of amides is 1. The molecule has 0 unspecified atom stereocenters. The average Bonchev–Trinajstić information content (AvgIpc) is 3.22. The molecular formula is C26H29N3O2. The highest BCUT2D eigenvalue weighted by Crippen LogP contribution is 2.44. The van der Waals surface area contributed by atoms with Crippen LogP contribution in [0.4, 0.5) is 0 Å². The van der Waals surface area contributed by atoms with E-state index in [2.05, 4.69) is 59.5 Å². The van der Waals surface area contributed by atoms with Crippen LogP contribution in [0.1, 0.15) is 36.4 Å². The highest BCUT2D eigenvalue weighted by molar-refractivity contribution is 6.08. The molecule has 2 aliphatic heterocycles. The van der Waals surface area contributed by atoms with E-state index in [1.165, 1.54) is 16.7 Å². The fourth-order valence-corrected chi connectivity index (χ4v) is 4.96. The molecule has 1 amide bonds. The summed E-state index contributed by atoms with van der Waals surface area (Å²) in [5.41, 5.74) is 4.72. The number of ether oxygens (including phenoxy) is 1. The minimum absolute atomic E-state index is 0.0239. The highest BCUT2D eigenvalue weighted by atomic mass is 16.5. The number of nitrogens with zero attached hydrogens (tertiary/aromatic N) is 3. The first-order valence-electron chi connectivity index (χ1n) is 11.3. The van der Waals surface area contributed by atoms with Crippen LogP contribution in [-0.4, -0.2) is 54.4 Å². The molecule has 2 heterocycles. The smallest absolute Gasteiger partial charge is 0.257 e. The molecule has 5 heteroatoms. The van der Waals surface area contributed by atoms with Gasteiger partial charge >= 0.3 is 0 Å². The van der Waals surface area contributed by atoms with E-state index in [0.717, 1.165) is 38.1 Å². The number of hydrogen-bond acceptors (Lipinski definition) is 4. The van der Waals surface area contributed by atoms with E-state index >= 15 is 0 Å². The predicted molar refractivity (Wildman–Crippen MR) is 122 cm³/mol. The lowest BCUT2D eigenvalue weighted by molar-refractivity contribution is -0.135. The van der Waals surface area contributed by atoms with Gasteiger partial charge in [0.25, 0.3) is 5.91 Å². The van der Waals surface area contributed by atoms with Gasteiger partial charge in [-0.1, -0.05) is 60.7 Å². The molecule has 1 saturated heterocycles. The first kappa shape index (κ1) is 20.2. The Bertz CT molecular complexity index is 965. The van der Waals surface area contributed by atoms with E-state index in [1.54, 1.807) is 5.01 Å². The Morgan fingerprint density at radius 1 is 1.03 bits per heavy atom. The van der Waals surface area contributed by atoms with Gasteiger partial charge in [-0.2, -0.15) is 5.10 Å². The lowest BCUT2D eigenvalue weighted by Gasteiger charge is -2.31. The summed E-state index contributed by atoms with van der Waals surface area (Å²) in [6.45, 7) is 3.38. The van der Waals surface area contributed by atoms with Gasteiger partial charge < -0.3 is 4.74 Å². The molecule has 1 aliphatic carbocycles. The van der Waals surface area contributed by atoms with Crippen molar-refractivity contribution in [1.82, 2.24) is 9.91 Å². The molecule has 2 aromatic rings. The normalized spacial score (nSPS) is 25.4. The molecule has 0 aromatic heterocycles. The van der Waals surface area contributed by atoms with Gasteiger partial charge in [0.1, 0.15) is 0 Å². The van der Waals surface area contributed by atoms with Crippen LogP contribution >= 0.6 is 0 Å². The molecule has 5 rings (SSSR count). The van der Waals surface area contributed by atoms with Gasteiger partial charge in [0.05, 0.1) is 31.5 Å². The molecule has 0 radical (unpaired) electrons. The highest BCUT2D eigenvalue weighted by Gasteiger charge is 2.43. The fourth-order valence-electron chi connectivity index (χ4n) is 4.96. The van der Waals surface area contributed by atoms with Gasteiger partial charge in [-0.15, -0.1) is 0 Å². The standard InChI is InChI=1S/C26H29N3O2/c30-24(19-28-14-16-31-17-15-28)29-26(21-10-5-2-6-11-21)23-13-7-12-22(25(23)27-29)18-20-8-3-1-4-9-20/h1-6,8-11,18,23,26H,7,12-17,19H2/b22-18+/t23-,26-/m1/s1. The topological polar surface area (TPSA) is 45.1 Å². The molecule has 0 N–H and O–H groups in total. The zero-order valence-corrected chi connectivity index (χ0v) is 17.8. The monoisotopic (exact) mass is 415 g/mol. The second-order valence-corrected chi connectivity index (χ2v) is 8.55. The molecule has 2 atom stereocenters.